The second kappa shape index (κ2) is 8.17. The Morgan fingerprint density at radius 2 is 2.16 bits per heavy atom. The van der Waals surface area contributed by atoms with Crippen LogP contribution in [0.15, 0.2) is 24.3 Å². The van der Waals surface area contributed by atoms with Crippen LogP contribution in [0.5, 0.6) is 5.75 Å². The summed E-state index contributed by atoms with van der Waals surface area (Å²) in [7, 11) is 1.61. The Labute approximate surface area is 149 Å². The number of hydrogen-bond donors (Lipinski definition) is 3. The lowest BCUT2D eigenvalue weighted by Crippen LogP contribution is -2.58. The maximum absolute atomic E-state index is 12.8. The summed E-state index contributed by atoms with van der Waals surface area (Å²) in [5.41, 5.74) is -0.692. The first-order valence-corrected chi connectivity index (χ1v) is 8.76. The third-order valence-corrected chi connectivity index (χ3v) is 4.66. The molecule has 0 aliphatic carbocycles. The Morgan fingerprint density at radius 1 is 1.40 bits per heavy atom. The van der Waals surface area contributed by atoms with Gasteiger partial charge in [-0.1, -0.05) is 26.0 Å². The van der Waals surface area contributed by atoms with Crippen molar-refractivity contribution in [2.24, 2.45) is 5.41 Å². The van der Waals surface area contributed by atoms with E-state index in [-0.39, 0.29) is 24.5 Å². The number of rotatable bonds is 8. The first-order chi connectivity index (χ1) is 11.8. The summed E-state index contributed by atoms with van der Waals surface area (Å²) in [5.74, 6) is 0.515. The summed E-state index contributed by atoms with van der Waals surface area (Å²) >= 11 is 0. The Bertz CT molecular complexity index is 591. The van der Waals surface area contributed by atoms with E-state index in [1.807, 2.05) is 38.1 Å². The van der Waals surface area contributed by atoms with E-state index in [9.17, 15) is 15.0 Å². The normalized spacial score (nSPS) is 21.5. The van der Waals surface area contributed by atoms with E-state index in [4.69, 9.17) is 4.74 Å². The quantitative estimate of drug-likeness (QED) is 0.655. The lowest BCUT2D eigenvalue weighted by molar-refractivity contribution is -0.157. The number of nitrogens with one attached hydrogen (secondary N) is 1. The van der Waals surface area contributed by atoms with Crippen LogP contribution in [0.4, 0.5) is 0 Å². The highest BCUT2D eigenvalue weighted by Gasteiger charge is 2.42. The van der Waals surface area contributed by atoms with Gasteiger partial charge in [0.2, 0.25) is 0 Å². The monoisotopic (exact) mass is 350 g/mol. The molecule has 6 nitrogen and oxygen atoms in total. The number of benzene rings is 1. The van der Waals surface area contributed by atoms with Gasteiger partial charge in [0.15, 0.2) is 5.60 Å². The first kappa shape index (κ1) is 19.7. The highest BCUT2D eigenvalue weighted by molar-refractivity contribution is 5.86. The number of carbonyl (C=O) groups excluding carboxylic acids is 1. The molecular weight excluding hydrogens is 320 g/mol. The standard InChI is InChI=1S/C19H30N2O4/c1-18(2,14-22)12-20-13-19(24)8-5-9-21(17(19)23)11-15-6-4-7-16(10-15)25-3/h4,6-7,10,20,22,24H,5,8-9,11-14H2,1-3H3. The SMILES string of the molecule is COc1cccc(CN2CCCC(O)(CNCC(C)(C)CO)C2=O)c1. The Kier molecular flexibility index (Phi) is 6.43. The zero-order valence-corrected chi connectivity index (χ0v) is 15.4. The molecule has 1 saturated heterocycles. The number of amides is 1. The average Bonchev–Trinajstić information content (AvgIpc) is 2.59. The number of piperidine rings is 1. The molecule has 1 atom stereocenters. The van der Waals surface area contributed by atoms with Gasteiger partial charge in [0.05, 0.1) is 7.11 Å². The molecule has 1 fully saturated rings. The highest BCUT2D eigenvalue weighted by Crippen LogP contribution is 2.25. The molecule has 1 heterocycles. The second-order valence-electron chi connectivity index (χ2n) is 7.64. The molecule has 1 unspecified atom stereocenters. The lowest BCUT2D eigenvalue weighted by Gasteiger charge is -2.39. The largest absolute Gasteiger partial charge is 0.497 e. The second-order valence-corrected chi connectivity index (χ2v) is 7.64. The molecule has 0 spiro atoms. The van der Waals surface area contributed by atoms with Gasteiger partial charge in [-0.2, -0.15) is 0 Å². The molecule has 6 heteroatoms. The molecule has 1 aromatic rings. The van der Waals surface area contributed by atoms with Crippen LogP contribution in [0, 0.1) is 5.41 Å². The first-order valence-electron chi connectivity index (χ1n) is 8.76. The van der Waals surface area contributed by atoms with Gasteiger partial charge in [0.25, 0.3) is 5.91 Å². The predicted octanol–water partition coefficient (Wildman–Crippen LogP) is 1.16. The van der Waals surface area contributed by atoms with Crippen LogP contribution in [-0.4, -0.2) is 60.0 Å². The van der Waals surface area contributed by atoms with Crippen LogP contribution >= 0.6 is 0 Å². The number of aliphatic hydroxyl groups is 2. The minimum atomic E-state index is -1.39. The van der Waals surface area contributed by atoms with E-state index in [0.29, 0.717) is 26.1 Å². The highest BCUT2D eigenvalue weighted by atomic mass is 16.5. The number of ether oxygens (including phenoxy) is 1. The minimum Gasteiger partial charge on any atom is -0.497 e. The summed E-state index contributed by atoms with van der Waals surface area (Å²) in [6.45, 7) is 5.75. The maximum Gasteiger partial charge on any atom is 0.256 e. The van der Waals surface area contributed by atoms with Crippen LogP contribution in [0.1, 0.15) is 32.3 Å². The van der Waals surface area contributed by atoms with Gasteiger partial charge in [0, 0.05) is 38.2 Å². The summed E-state index contributed by atoms with van der Waals surface area (Å²) in [6.07, 6.45) is 1.21. The van der Waals surface area contributed by atoms with Crippen LogP contribution in [0.3, 0.4) is 0 Å². The lowest BCUT2D eigenvalue weighted by atomic mass is 9.90. The minimum absolute atomic E-state index is 0.0499. The Balaban J connectivity index is 1.99. The number of methoxy groups -OCH3 is 1. The third-order valence-electron chi connectivity index (χ3n) is 4.66. The molecule has 3 N–H and O–H groups in total. The van der Waals surface area contributed by atoms with E-state index < -0.39 is 5.60 Å². The third kappa shape index (κ3) is 5.17. The molecule has 2 rings (SSSR count). The van der Waals surface area contributed by atoms with E-state index in [1.54, 1.807) is 12.0 Å². The van der Waals surface area contributed by atoms with Crippen molar-refractivity contribution >= 4 is 5.91 Å². The van der Waals surface area contributed by atoms with Crippen molar-refractivity contribution in [1.29, 1.82) is 0 Å². The summed E-state index contributed by atoms with van der Waals surface area (Å²) in [4.78, 5) is 14.5. The molecule has 1 amide bonds. The topological polar surface area (TPSA) is 82.0 Å². The molecule has 0 saturated carbocycles. The molecule has 1 aliphatic heterocycles. The van der Waals surface area contributed by atoms with Crippen molar-refractivity contribution < 1.29 is 19.7 Å². The smallest absolute Gasteiger partial charge is 0.256 e. The molecule has 140 valence electrons. The van der Waals surface area contributed by atoms with Gasteiger partial charge >= 0.3 is 0 Å². The fourth-order valence-electron chi connectivity index (χ4n) is 3.03. The van der Waals surface area contributed by atoms with Crippen molar-refractivity contribution in [3.8, 4) is 5.75 Å². The van der Waals surface area contributed by atoms with E-state index in [2.05, 4.69) is 5.32 Å². The summed E-state index contributed by atoms with van der Waals surface area (Å²) < 4.78 is 5.22. The van der Waals surface area contributed by atoms with Gasteiger partial charge < -0.3 is 25.2 Å². The molecule has 0 bridgehead atoms. The van der Waals surface area contributed by atoms with Gasteiger partial charge in [-0.3, -0.25) is 4.79 Å². The predicted molar refractivity (Wildman–Crippen MR) is 96.3 cm³/mol. The summed E-state index contributed by atoms with van der Waals surface area (Å²) in [6, 6.07) is 7.62. The van der Waals surface area contributed by atoms with Gasteiger partial charge in [-0.15, -0.1) is 0 Å². The molecular formula is C19H30N2O4. The van der Waals surface area contributed by atoms with Crippen LogP contribution in [0.25, 0.3) is 0 Å². The fourth-order valence-corrected chi connectivity index (χ4v) is 3.03. The van der Waals surface area contributed by atoms with Crippen LogP contribution in [-0.2, 0) is 11.3 Å². The van der Waals surface area contributed by atoms with Gasteiger partial charge in [0.1, 0.15) is 5.75 Å². The molecule has 0 aromatic heterocycles. The van der Waals surface area contributed by atoms with Crippen molar-refractivity contribution in [2.75, 3.05) is 33.4 Å². The van der Waals surface area contributed by atoms with Crippen molar-refractivity contribution in [3.05, 3.63) is 29.8 Å². The van der Waals surface area contributed by atoms with Crippen molar-refractivity contribution in [2.45, 2.75) is 38.8 Å². The fraction of sp³-hybridized carbons (Fsp3) is 0.632. The zero-order chi connectivity index (χ0) is 18.5. The van der Waals surface area contributed by atoms with Crippen molar-refractivity contribution in [1.82, 2.24) is 10.2 Å². The number of hydrogen-bond acceptors (Lipinski definition) is 5. The van der Waals surface area contributed by atoms with Crippen LogP contribution < -0.4 is 10.1 Å². The summed E-state index contributed by atoms with van der Waals surface area (Å²) in [5, 5.41) is 23.3. The number of likely N-dealkylation sites (tertiary alicyclic amines) is 1. The van der Waals surface area contributed by atoms with Gasteiger partial charge in [-0.25, -0.2) is 0 Å². The molecule has 1 aliphatic rings. The van der Waals surface area contributed by atoms with E-state index >= 15 is 0 Å². The molecule has 0 radical (unpaired) electrons. The molecule has 1 aromatic carbocycles. The van der Waals surface area contributed by atoms with Gasteiger partial charge in [-0.05, 0) is 30.5 Å². The zero-order valence-electron chi connectivity index (χ0n) is 15.4. The number of carbonyl (C=O) groups is 1. The number of nitrogens with zero attached hydrogens (tertiary/aromatic N) is 1. The average molecular weight is 350 g/mol. The maximum atomic E-state index is 12.8. The van der Waals surface area contributed by atoms with E-state index in [0.717, 1.165) is 17.7 Å². The number of aliphatic hydroxyl groups excluding tert-OH is 1. The Hall–Kier alpha value is -1.63. The van der Waals surface area contributed by atoms with E-state index in [1.165, 1.54) is 0 Å². The van der Waals surface area contributed by atoms with Crippen LogP contribution in [0.2, 0.25) is 0 Å². The van der Waals surface area contributed by atoms with Crippen molar-refractivity contribution in [3.63, 3.8) is 0 Å². The molecule has 25 heavy (non-hydrogen) atoms. The Morgan fingerprint density at radius 3 is 2.84 bits per heavy atom.